The van der Waals surface area contributed by atoms with Crippen LogP contribution in [0.1, 0.15) is 33.1 Å². The van der Waals surface area contributed by atoms with E-state index in [4.69, 9.17) is 4.74 Å². The van der Waals surface area contributed by atoms with Crippen molar-refractivity contribution < 1.29 is 9.13 Å². The minimum Gasteiger partial charge on any atom is -0.489 e. The molecule has 1 aromatic rings. The fourth-order valence-corrected chi connectivity index (χ4v) is 2.66. The second-order valence-electron chi connectivity index (χ2n) is 5.91. The molecule has 3 heteroatoms. The zero-order valence-electron chi connectivity index (χ0n) is 11.4. The highest BCUT2D eigenvalue weighted by Gasteiger charge is 2.35. The van der Waals surface area contributed by atoms with E-state index in [9.17, 15) is 4.39 Å². The van der Waals surface area contributed by atoms with E-state index in [-0.39, 0.29) is 11.9 Å². The Morgan fingerprint density at radius 3 is 2.56 bits per heavy atom. The van der Waals surface area contributed by atoms with E-state index in [2.05, 4.69) is 19.2 Å². The number of likely N-dealkylation sites (N-methyl/N-ethyl adjacent to an activating group) is 1. The summed E-state index contributed by atoms with van der Waals surface area (Å²) >= 11 is 0. The van der Waals surface area contributed by atoms with Crippen molar-refractivity contribution in [1.82, 2.24) is 5.32 Å². The molecule has 100 valence electrons. The molecule has 0 spiro atoms. The lowest BCUT2D eigenvalue weighted by Crippen LogP contribution is -2.47. The van der Waals surface area contributed by atoms with E-state index >= 15 is 0 Å². The maximum absolute atomic E-state index is 12.9. The summed E-state index contributed by atoms with van der Waals surface area (Å²) in [6, 6.07) is 6.66. The lowest BCUT2D eigenvalue weighted by Gasteiger charge is -2.40. The van der Waals surface area contributed by atoms with Crippen LogP contribution in [0, 0.1) is 11.2 Å². The van der Waals surface area contributed by atoms with E-state index in [1.165, 1.54) is 18.6 Å². The van der Waals surface area contributed by atoms with E-state index in [1.54, 1.807) is 12.1 Å². The zero-order chi connectivity index (χ0) is 13.2. The lowest BCUT2D eigenvalue weighted by atomic mass is 9.74. The van der Waals surface area contributed by atoms with Crippen molar-refractivity contribution in [3.63, 3.8) is 0 Å². The van der Waals surface area contributed by atoms with Crippen LogP contribution in [0.3, 0.4) is 0 Å². The van der Waals surface area contributed by atoms with Crippen molar-refractivity contribution in [3.05, 3.63) is 30.1 Å². The quantitative estimate of drug-likeness (QED) is 0.889. The standard InChI is InChI=1S/C15H22FNO/c1-15(2)9-8-13(17-3)14(10-15)18-12-6-4-11(16)5-7-12/h4-7,13-14,17H,8-10H2,1-3H3. The molecule has 18 heavy (non-hydrogen) atoms. The normalized spacial score (nSPS) is 26.9. The average molecular weight is 251 g/mol. The highest BCUT2D eigenvalue weighted by atomic mass is 19.1. The third kappa shape index (κ3) is 3.22. The largest absolute Gasteiger partial charge is 0.489 e. The first-order valence-electron chi connectivity index (χ1n) is 6.60. The number of hydrogen-bond donors (Lipinski definition) is 1. The summed E-state index contributed by atoms with van der Waals surface area (Å²) in [4.78, 5) is 0. The number of rotatable bonds is 3. The smallest absolute Gasteiger partial charge is 0.123 e. The first kappa shape index (κ1) is 13.3. The van der Waals surface area contributed by atoms with Gasteiger partial charge in [0, 0.05) is 6.04 Å². The molecule has 1 aliphatic carbocycles. The minimum absolute atomic E-state index is 0.157. The second-order valence-corrected chi connectivity index (χ2v) is 5.91. The van der Waals surface area contributed by atoms with Crippen LogP contribution in [-0.4, -0.2) is 19.2 Å². The monoisotopic (exact) mass is 251 g/mol. The van der Waals surface area contributed by atoms with Crippen LogP contribution in [0.25, 0.3) is 0 Å². The van der Waals surface area contributed by atoms with Crippen molar-refractivity contribution in [2.24, 2.45) is 5.41 Å². The summed E-state index contributed by atoms with van der Waals surface area (Å²) in [7, 11) is 1.98. The van der Waals surface area contributed by atoms with Gasteiger partial charge in [-0.15, -0.1) is 0 Å². The molecule has 1 aliphatic rings. The summed E-state index contributed by atoms with van der Waals surface area (Å²) in [5.41, 5.74) is 0.318. The maximum atomic E-state index is 12.9. The van der Waals surface area contributed by atoms with Gasteiger partial charge in [-0.05, 0) is 56.0 Å². The number of nitrogens with one attached hydrogen (secondary N) is 1. The molecule has 2 atom stereocenters. The van der Waals surface area contributed by atoms with Gasteiger partial charge in [-0.2, -0.15) is 0 Å². The molecule has 1 aromatic carbocycles. The Kier molecular flexibility index (Phi) is 3.91. The molecule has 1 N–H and O–H groups in total. The molecule has 2 unspecified atom stereocenters. The predicted molar refractivity (Wildman–Crippen MR) is 71.3 cm³/mol. The molecule has 1 saturated carbocycles. The number of halogens is 1. The number of hydrogen-bond acceptors (Lipinski definition) is 2. The minimum atomic E-state index is -0.225. The number of ether oxygens (including phenoxy) is 1. The molecule has 2 rings (SSSR count). The lowest BCUT2D eigenvalue weighted by molar-refractivity contribution is 0.0558. The fraction of sp³-hybridized carbons (Fsp3) is 0.600. The number of benzene rings is 1. The van der Waals surface area contributed by atoms with Gasteiger partial charge in [0.25, 0.3) is 0 Å². The Bertz CT molecular complexity index is 388. The molecule has 0 saturated heterocycles. The van der Waals surface area contributed by atoms with Gasteiger partial charge in [0.05, 0.1) is 0 Å². The Hall–Kier alpha value is -1.09. The molecular weight excluding hydrogens is 229 g/mol. The third-order valence-electron chi connectivity index (χ3n) is 3.81. The van der Waals surface area contributed by atoms with Crippen LogP contribution < -0.4 is 10.1 Å². The van der Waals surface area contributed by atoms with Gasteiger partial charge in [0.1, 0.15) is 17.7 Å². The molecular formula is C15H22FNO. The van der Waals surface area contributed by atoms with E-state index < -0.39 is 0 Å². The van der Waals surface area contributed by atoms with Crippen LogP contribution in [0.2, 0.25) is 0 Å². The molecule has 0 aliphatic heterocycles. The van der Waals surface area contributed by atoms with Crippen LogP contribution in [0.4, 0.5) is 4.39 Å². The second kappa shape index (κ2) is 5.27. The first-order valence-corrected chi connectivity index (χ1v) is 6.60. The summed E-state index contributed by atoms with van der Waals surface area (Å²) in [5.74, 6) is 0.524. The van der Waals surface area contributed by atoms with Gasteiger partial charge >= 0.3 is 0 Å². The van der Waals surface area contributed by atoms with Gasteiger partial charge < -0.3 is 10.1 Å². The first-order chi connectivity index (χ1) is 8.50. The van der Waals surface area contributed by atoms with E-state index in [0.717, 1.165) is 18.6 Å². The highest BCUT2D eigenvalue weighted by molar-refractivity contribution is 5.22. The van der Waals surface area contributed by atoms with E-state index in [0.29, 0.717) is 11.5 Å². The fourth-order valence-electron chi connectivity index (χ4n) is 2.66. The Balaban J connectivity index is 2.07. The van der Waals surface area contributed by atoms with Gasteiger partial charge in [0.2, 0.25) is 0 Å². The molecule has 0 aromatic heterocycles. The highest BCUT2D eigenvalue weighted by Crippen LogP contribution is 2.37. The van der Waals surface area contributed by atoms with Gasteiger partial charge in [-0.1, -0.05) is 13.8 Å². The van der Waals surface area contributed by atoms with E-state index in [1.807, 2.05) is 7.05 Å². The Morgan fingerprint density at radius 1 is 1.28 bits per heavy atom. The molecule has 0 radical (unpaired) electrons. The SMILES string of the molecule is CNC1CCC(C)(C)CC1Oc1ccc(F)cc1. The maximum Gasteiger partial charge on any atom is 0.123 e. The van der Waals surface area contributed by atoms with Crippen LogP contribution in [-0.2, 0) is 0 Å². The summed E-state index contributed by atoms with van der Waals surface area (Å²) in [6.45, 7) is 4.56. The van der Waals surface area contributed by atoms with Crippen molar-refractivity contribution in [2.45, 2.75) is 45.3 Å². The van der Waals surface area contributed by atoms with Crippen molar-refractivity contribution in [2.75, 3.05) is 7.05 Å². The molecule has 0 amide bonds. The summed E-state index contributed by atoms with van der Waals surface area (Å²) in [5, 5.41) is 3.32. The molecule has 1 fully saturated rings. The van der Waals surface area contributed by atoms with Crippen molar-refractivity contribution >= 4 is 0 Å². The van der Waals surface area contributed by atoms with Gasteiger partial charge in [-0.25, -0.2) is 4.39 Å². The molecule has 2 nitrogen and oxygen atoms in total. The summed E-state index contributed by atoms with van der Waals surface area (Å²) < 4.78 is 18.9. The topological polar surface area (TPSA) is 21.3 Å². The van der Waals surface area contributed by atoms with Crippen molar-refractivity contribution in [1.29, 1.82) is 0 Å². The van der Waals surface area contributed by atoms with Crippen LogP contribution in [0.15, 0.2) is 24.3 Å². The summed E-state index contributed by atoms with van der Waals surface area (Å²) in [6.07, 6.45) is 3.51. The van der Waals surface area contributed by atoms with Crippen LogP contribution in [0.5, 0.6) is 5.75 Å². The van der Waals surface area contributed by atoms with Gasteiger partial charge in [-0.3, -0.25) is 0 Å². The Morgan fingerprint density at radius 2 is 1.94 bits per heavy atom. The predicted octanol–water partition coefficient (Wildman–Crippen LogP) is 3.37. The molecule has 0 heterocycles. The third-order valence-corrected chi connectivity index (χ3v) is 3.81. The molecule has 0 bridgehead atoms. The zero-order valence-corrected chi connectivity index (χ0v) is 11.4. The van der Waals surface area contributed by atoms with Gasteiger partial charge in [0.15, 0.2) is 0 Å². The van der Waals surface area contributed by atoms with Crippen LogP contribution >= 0.6 is 0 Å². The Labute approximate surface area is 109 Å². The average Bonchev–Trinajstić information content (AvgIpc) is 2.31. The van der Waals surface area contributed by atoms with Crippen molar-refractivity contribution in [3.8, 4) is 5.75 Å².